The molecular weight excluding hydrogens is 432 g/mol. The van der Waals surface area contributed by atoms with E-state index in [1.54, 1.807) is 23.5 Å². The Bertz CT molecular complexity index is 175. The second kappa shape index (κ2) is 4.37. The SMILES string of the molecule is BrC1=C(Br)SC(Br)=C(Br)S1. The summed E-state index contributed by atoms with van der Waals surface area (Å²) in [6, 6.07) is 0. The van der Waals surface area contributed by atoms with Gasteiger partial charge in [0.25, 0.3) is 0 Å². The zero-order valence-corrected chi connectivity index (χ0v) is 12.3. The van der Waals surface area contributed by atoms with Crippen LogP contribution in [0.25, 0.3) is 0 Å². The minimum absolute atomic E-state index is 1.10. The third kappa shape index (κ3) is 2.55. The Balaban J connectivity index is 2.81. The van der Waals surface area contributed by atoms with Crippen molar-refractivity contribution in [2.45, 2.75) is 0 Å². The van der Waals surface area contributed by atoms with Gasteiger partial charge in [-0.05, 0) is 63.7 Å². The Morgan fingerprint density at radius 2 is 0.800 bits per heavy atom. The van der Waals surface area contributed by atoms with Gasteiger partial charge in [0.1, 0.15) is 0 Å². The Morgan fingerprint density at radius 1 is 0.600 bits per heavy atom. The molecule has 0 atom stereocenters. The average Bonchev–Trinajstić information content (AvgIpc) is 1.84. The predicted octanol–water partition coefficient (Wildman–Crippen LogP) is 5.30. The first-order chi connectivity index (χ1) is 4.61. The number of hydrogen-bond donors (Lipinski definition) is 0. The molecule has 0 nitrogen and oxygen atoms in total. The van der Waals surface area contributed by atoms with Gasteiger partial charge < -0.3 is 0 Å². The molecule has 6 heteroatoms. The molecule has 0 saturated carbocycles. The lowest BCUT2D eigenvalue weighted by Crippen LogP contribution is -1.76. The zero-order valence-electron chi connectivity index (χ0n) is 4.33. The lowest BCUT2D eigenvalue weighted by atomic mass is 11.2. The molecule has 1 rings (SSSR count). The molecule has 0 amide bonds. The maximum Gasteiger partial charge on any atom is 0.0767 e. The molecule has 0 aromatic heterocycles. The molecule has 10 heavy (non-hydrogen) atoms. The van der Waals surface area contributed by atoms with E-state index in [-0.39, 0.29) is 0 Å². The maximum atomic E-state index is 3.41. The maximum absolute atomic E-state index is 3.41. The molecule has 0 unspecified atom stereocenters. The first-order valence-electron chi connectivity index (χ1n) is 2.07. The van der Waals surface area contributed by atoms with Gasteiger partial charge in [-0.15, -0.1) is 0 Å². The largest absolute Gasteiger partial charge is 0.0767 e. The minimum Gasteiger partial charge on any atom is -0.0713 e. The van der Waals surface area contributed by atoms with Crippen LogP contribution in [0.2, 0.25) is 0 Å². The monoisotopic (exact) mass is 428 g/mol. The molecule has 0 aromatic carbocycles. The van der Waals surface area contributed by atoms with Crippen LogP contribution in [0.3, 0.4) is 0 Å². The van der Waals surface area contributed by atoms with Crippen LogP contribution in [-0.4, -0.2) is 0 Å². The third-order valence-corrected chi connectivity index (χ3v) is 8.10. The molecule has 0 aromatic rings. The minimum atomic E-state index is 1.10. The van der Waals surface area contributed by atoms with Crippen molar-refractivity contribution in [3.8, 4) is 0 Å². The van der Waals surface area contributed by atoms with Crippen LogP contribution < -0.4 is 0 Å². The molecular formula is C4Br4S2. The van der Waals surface area contributed by atoms with Crippen molar-refractivity contribution in [1.82, 2.24) is 0 Å². The Kier molecular flexibility index (Phi) is 4.45. The van der Waals surface area contributed by atoms with Crippen molar-refractivity contribution in [1.29, 1.82) is 0 Å². The Morgan fingerprint density at radius 3 is 1.00 bits per heavy atom. The average molecular weight is 432 g/mol. The van der Waals surface area contributed by atoms with Crippen molar-refractivity contribution in [2.24, 2.45) is 0 Å². The van der Waals surface area contributed by atoms with Crippen LogP contribution in [0.5, 0.6) is 0 Å². The summed E-state index contributed by atoms with van der Waals surface area (Å²) in [5.74, 6) is 0. The van der Waals surface area contributed by atoms with Crippen LogP contribution in [0, 0.1) is 0 Å². The number of halogens is 4. The second-order valence-corrected chi connectivity index (χ2v) is 8.61. The molecule has 0 fully saturated rings. The van der Waals surface area contributed by atoms with Crippen LogP contribution in [-0.2, 0) is 0 Å². The standard InChI is InChI=1S/C4Br4S2/c5-1-2(6)10-4(8)3(7)9-1. The van der Waals surface area contributed by atoms with E-state index in [1.807, 2.05) is 0 Å². The van der Waals surface area contributed by atoms with E-state index in [0.717, 1.165) is 15.3 Å². The molecule has 0 bridgehead atoms. The van der Waals surface area contributed by atoms with E-state index in [2.05, 4.69) is 63.7 Å². The van der Waals surface area contributed by atoms with Gasteiger partial charge in [-0.2, -0.15) is 0 Å². The predicted molar refractivity (Wildman–Crippen MR) is 64.9 cm³/mol. The van der Waals surface area contributed by atoms with Crippen LogP contribution in [0.15, 0.2) is 15.3 Å². The first-order valence-corrected chi connectivity index (χ1v) is 6.88. The van der Waals surface area contributed by atoms with Crippen molar-refractivity contribution >= 4 is 87.2 Å². The fourth-order valence-corrected chi connectivity index (χ4v) is 5.67. The van der Waals surface area contributed by atoms with E-state index in [4.69, 9.17) is 0 Å². The summed E-state index contributed by atoms with van der Waals surface area (Å²) in [7, 11) is 0. The van der Waals surface area contributed by atoms with E-state index in [0.29, 0.717) is 0 Å². The van der Waals surface area contributed by atoms with E-state index < -0.39 is 0 Å². The highest BCUT2D eigenvalue weighted by Gasteiger charge is 2.15. The summed E-state index contributed by atoms with van der Waals surface area (Å²) >= 11 is 16.9. The fourth-order valence-electron chi connectivity index (χ4n) is 0.318. The second-order valence-electron chi connectivity index (χ2n) is 1.30. The lowest BCUT2D eigenvalue weighted by molar-refractivity contribution is 2.28. The molecule has 1 aliphatic rings. The molecule has 56 valence electrons. The van der Waals surface area contributed by atoms with Gasteiger partial charge in [-0.3, -0.25) is 0 Å². The van der Waals surface area contributed by atoms with E-state index in [1.165, 1.54) is 0 Å². The van der Waals surface area contributed by atoms with E-state index >= 15 is 0 Å². The summed E-state index contributed by atoms with van der Waals surface area (Å²) in [6.45, 7) is 0. The Hall–Kier alpha value is 2.10. The quantitative estimate of drug-likeness (QED) is 0.510. The van der Waals surface area contributed by atoms with Crippen molar-refractivity contribution in [2.75, 3.05) is 0 Å². The lowest BCUT2D eigenvalue weighted by Gasteiger charge is -2.10. The summed E-state index contributed by atoms with van der Waals surface area (Å²) in [5, 5.41) is 0. The van der Waals surface area contributed by atoms with Crippen LogP contribution in [0.1, 0.15) is 0 Å². The Labute approximate surface area is 101 Å². The molecule has 0 N–H and O–H groups in total. The summed E-state index contributed by atoms with van der Waals surface area (Å²) in [6.07, 6.45) is 0. The number of rotatable bonds is 0. The molecule has 0 saturated heterocycles. The normalized spacial score (nSPS) is 20.4. The molecule has 1 aliphatic heterocycles. The molecule has 1 heterocycles. The molecule has 0 aliphatic carbocycles. The smallest absolute Gasteiger partial charge is 0.0713 e. The van der Waals surface area contributed by atoms with Crippen molar-refractivity contribution in [3.05, 3.63) is 15.3 Å². The van der Waals surface area contributed by atoms with Crippen molar-refractivity contribution < 1.29 is 0 Å². The van der Waals surface area contributed by atoms with Gasteiger partial charge in [0.2, 0.25) is 0 Å². The number of thioether (sulfide) groups is 2. The molecule has 0 spiro atoms. The molecule has 0 radical (unpaired) electrons. The highest BCUT2D eigenvalue weighted by atomic mass is 79.9. The highest BCUT2D eigenvalue weighted by Crippen LogP contribution is 2.53. The zero-order chi connectivity index (χ0) is 7.72. The summed E-state index contributed by atoms with van der Waals surface area (Å²) < 4.78 is 4.42. The van der Waals surface area contributed by atoms with Gasteiger partial charge in [-0.1, -0.05) is 23.5 Å². The summed E-state index contributed by atoms with van der Waals surface area (Å²) in [5.41, 5.74) is 0. The van der Waals surface area contributed by atoms with Gasteiger partial charge in [-0.25, -0.2) is 0 Å². The highest BCUT2D eigenvalue weighted by molar-refractivity contribution is 9.20. The first kappa shape index (κ1) is 10.2. The van der Waals surface area contributed by atoms with Gasteiger partial charge in [0.05, 0.1) is 15.3 Å². The number of hydrogen-bond acceptors (Lipinski definition) is 2. The van der Waals surface area contributed by atoms with Crippen molar-refractivity contribution in [3.63, 3.8) is 0 Å². The van der Waals surface area contributed by atoms with Gasteiger partial charge in [0.15, 0.2) is 0 Å². The topological polar surface area (TPSA) is 0 Å². The van der Waals surface area contributed by atoms with Crippen LogP contribution >= 0.6 is 87.2 Å². The van der Waals surface area contributed by atoms with E-state index in [9.17, 15) is 0 Å². The van der Waals surface area contributed by atoms with Gasteiger partial charge in [0, 0.05) is 0 Å². The van der Waals surface area contributed by atoms with Gasteiger partial charge >= 0.3 is 0 Å². The third-order valence-electron chi connectivity index (χ3n) is 0.667. The summed E-state index contributed by atoms with van der Waals surface area (Å²) in [4.78, 5) is 0. The van der Waals surface area contributed by atoms with Crippen LogP contribution in [0.4, 0.5) is 0 Å². The fraction of sp³-hybridized carbons (Fsp3) is 0.